The predicted molar refractivity (Wildman–Crippen MR) is 105 cm³/mol. The lowest BCUT2D eigenvalue weighted by Gasteiger charge is -2.36. The van der Waals surface area contributed by atoms with Gasteiger partial charge >= 0.3 is 6.09 Å². The maximum atomic E-state index is 12.9. The van der Waals surface area contributed by atoms with Crippen LogP contribution in [0, 0.1) is 0 Å². The number of amides is 2. The Morgan fingerprint density at radius 3 is 2.70 bits per heavy atom. The topological polar surface area (TPSA) is 67.9 Å². The fourth-order valence-corrected chi connectivity index (χ4v) is 3.18. The maximum absolute atomic E-state index is 12.9. The summed E-state index contributed by atoms with van der Waals surface area (Å²) in [5.74, 6) is 0.638. The van der Waals surface area contributed by atoms with E-state index in [1.807, 2.05) is 58.9 Å². The average Bonchev–Trinajstić information content (AvgIpc) is 2.60. The lowest BCUT2D eigenvalue weighted by molar-refractivity contribution is -0.128. The molecule has 6 heteroatoms. The van der Waals surface area contributed by atoms with Crippen molar-refractivity contribution in [1.82, 2.24) is 10.2 Å². The third-order valence-corrected chi connectivity index (χ3v) is 4.46. The Bertz CT molecular complexity index is 654. The Morgan fingerprint density at radius 2 is 2.04 bits per heavy atom. The van der Waals surface area contributed by atoms with Crippen LogP contribution < -0.4 is 10.1 Å². The predicted octanol–water partition coefficient (Wildman–Crippen LogP) is 4.05. The molecule has 1 aromatic carbocycles. The molecule has 1 saturated heterocycles. The second-order valence-electron chi connectivity index (χ2n) is 7.92. The summed E-state index contributed by atoms with van der Waals surface area (Å²) in [6.45, 7) is 10.5. The number of carbonyl (C=O) groups excluding carboxylic acids is 2. The van der Waals surface area contributed by atoms with Crippen molar-refractivity contribution in [2.24, 2.45) is 0 Å². The fraction of sp³-hybridized carbons (Fsp3) is 0.619. The van der Waals surface area contributed by atoms with Crippen LogP contribution in [0.3, 0.4) is 0 Å². The van der Waals surface area contributed by atoms with Gasteiger partial charge in [0.05, 0.1) is 12.6 Å². The van der Waals surface area contributed by atoms with Crippen molar-refractivity contribution < 1.29 is 19.1 Å². The minimum atomic E-state index is -0.581. The van der Waals surface area contributed by atoms with Gasteiger partial charge in [0, 0.05) is 6.54 Å². The number of likely N-dealkylation sites (tertiary alicyclic amines) is 1. The van der Waals surface area contributed by atoms with Crippen molar-refractivity contribution in [3.8, 4) is 5.75 Å². The molecule has 1 aliphatic rings. The molecule has 2 unspecified atom stereocenters. The highest BCUT2D eigenvalue weighted by molar-refractivity contribution is 5.86. The third-order valence-electron chi connectivity index (χ3n) is 4.46. The van der Waals surface area contributed by atoms with Gasteiger partial charge in [-0.15, -0.1) is 0 Å². The van der Waals surface area contributed by atoms with E-state index in [-0.39, 0.29) is 11.9 Å². The van der Waals surface area contributed by atoms with Gasteiger partial charge in [0.1, 0.15) is 17.4 Å². The zero-order valence-corrected chi connectivity index (χ0v) is 17.1. The first kappa shape index (κ1) is 21.1. The monoisotopic (exact) mass is 376 g/mol. The standard InChI is InChI=1S/C21H32N2O4/c1-6-26-17-11-9-10-16(14-17)15(2)22-19(24)18-12-7-8-13-23(18)20(25)27-21(3,4)5/h9-11,14-15,18H,6-8,12-13H2,1-5H3,(H,22,24). The lowest BCUT2D eigenvalue weighted by Crippen LogP contribution is -2.53. The third kappa shape index (κ3) is 6.15. The molecule has 0 aromatic heterocycles. The molecule has 2 rings (SSSR count). The van der Waals surface area contributed by atoms with Crippen LogP contribution in [0.1, 0.15) is 65.5 Å². The largest absolute Gasteiger partial charge is 0.494 e. The number of piperidine rings is 1. The first-order chi connectivity index (χ1) is 12.7. The molecule has 6 nitrogen and oxygen atoms in total. The summed E-state index contributed by atoms with van der Waals surface area (Å²) in [6, 6.07) is 7.02. The zero-order valence-electron chi connectivity index (χ0n) is 17.1. The lowest BCUT2D eigenvalue weighted by atomic mass is 10.0. The van der Waals surface area contributed by atoms with Crippen molar-refractivity contribution in [2.45, 2.75) is 71.6 Å². The van der Waals surface area contributed by atoms with Gasteiger partial charge in [-0.1, -0.05) is 12.1 Å². The molecule has 0 aliphatic carbocycles. The van der Waals surface area contributed by atoms with Crippen molar-refractivity contribution in [2.75, 3.05) is 13.2 Å². The minimum absolute atomic E-state index is 0.144. The quantitative estimate of drug-likeness (QED) is 0.842. The number of hydrogen-bond donors (Lipinski definition) is 1. The van der Waals surface area contributed by atoms with Crippen molar-refractivity contribution in [1.29, 1.82) is 0 Å². The molecule has 27 heavy (non-hydrogen) atoms. The van der Waals surface area contributed by atoms with E-state index in [4.69, 9.17) is 9.47 Å². The van der Waals surface area contributed by atoms with Crippen molar-refractivity contribution in [3.63, 3.8) is 0 Å². The van der Waals surface area contributed by atoms with Gasteiger partial charge in [0.25, 0.3) is 0 Å². The van der Waals surface area contributed by atoms with Crippen LogP contribution in [0.2, 0.25) is 0 Å². The van der Waals surface area contributed by atoms with E-state index in [2.05, 4.69) is 5.32 Å². The van der Waals surface area contributed by atoms with Crippen molar-refractivity contribution >= 4 is 12.0 Å². The molecule has 1 N–H and O–H groups in total. The molecule has 1 fully saturated rings. The number of rotatable bonds is 5. The molecule has 0 bridgehead atoms. The van der Waals surface area contributed by atoms with Gasteiger partial charge in [0.15, 0.2) is 0 Å². The molecule has 150 valence electrons. The van der Waals surface area contributed by atoms with Crippen LogP contribution >= 0.6 is 0 Å². The molecule has 0 saturated carbocycles. The second kappa shape index (κ2) is 9.11. The summed E-state index contributed by atoms with van der Waals surface area (Å²) < 4.78 is 11.0. The Kier molecular flexibility index (Phi) is 7.11. The van der Waals surface area contributed by atoms with Crippen molar-refractivity contribution in [3.05, 3.63) is 29.8 Å². The summed E-state index contributed by atoms with van der Waals surface area (Å²) in [6.07, 6.45) is 2.03. The molecule has 1 aromatic rings. The number of nitrogens with one attached hydrogen (secondary N) is 1. The van der Waals surface area contributed by atoms with Gasteiger partial charge in [-0.25, -0.2) is 4.79 Å². The van der Waals surface area contributed by atoms with Crippen LogP contribution in [0.15, 0.2) is 24.3 Å². The number of hydrogen-bond acceptors (Lipinski definition) is 4. The van der Waals surface area contributed by atoms with Crippen LogP contribution in [0.25, 0.3) is 0 Å². The highest BCUT2D eigenvalue weighted by atomic mass is 16.6. The molecular weight excluding hydrogens is 344 g/mol. The highest BCUT2D eigenvalue weighted by Crippen LogP contribution is 2.23. The summed E-state index contributed by atoms with van der Waals surface area (Å²) in [5.41, 5.74) is 0.386. The Hall–Kier alpha value is -2.24. The van der Waals surface area contributed by atoms with Crippen LogP contribution in [0.4, 0.5) is 4.79 Å². The number of ether oxygens (including phenoxy) is 2. The van der Waals surface area contributed by atoms with Crippen LogP contribution in [-0.4, -0.2) is 41.7 Å². The van der Waals surface area contributed by atoms with E-state index in [1.54, 1.807) is 4.90 Å². The number of nitrogens with zero attached hydrogens (tertiary/aromatic N) is 1. The molecule has 2 atom stereocenters. The van der Waals surface area contributed by atoms with Gasteiger partial charge in [-0.3, -0.25) is 9.69 Å². The smallest absolute Gasteiger partial charge is 0.410 e. The zero-order chi connectivity index (χ0) is 20.0. The van der Waals surface area contributed by atoms with E-state index in [0.29, 0.717) is 19.6 Å². The second-order valence-corrected chi connectivity index (χ2v) is 7.92. The van der Waals surface area contributed by atoms with Gasteiger partial charge in [0.2, 0.25) is 5.91 Å². The fourth-order valence-electron chi connectivity index (χ4n) is 3.18. The highest BCUT2D eigenvalue weighted by Gasteiger charge is 2.35. The Balaban J connectivity index is 2.05. The Labute approximate surface area is 162 Å². The Morgan fingerprint density at radius 1 is 1.30 bits per heavy atom. The van der Waals surface area contributed by atoms with E-state index in [0.717, 1.165) is 24.2 Å². The number of benzene rings is 1. The molecule has 2 amide bonds. The summed E-state index contributed by atoms with van der Waals surface area (Å²) in [4.78, 5) is 27.0. The van der Waals surface area contributed by atoms with Gasteiger partial charge < -0.3 is 14.8 Å². The average molecular weight is 376 g/mol. The molecule has 1 aliphatic heterocycles. The molecular formula is C21H32N2O4. The van der Waals surface area contributed by atoms with Gasteiger partial charge in [-0.2, -0.15) is 0 Å². The van der Waals surface area contributed by atoms with E-state index in [9.17, 15) is 9.59 Å². The normalized spacial score (nSPS) is 18.6. The van der Waals surface area contributed by atoms with Gasteiger partial charge in [-0.05, 0) is 71.6 Å². The molecule has 1 heterocycles. The summed E-state index contributed by atoms with van der Waals surface area (Å²) in [5, 5.41) is 3.04. The molecule has 0 spiro atoms. The first-order valence-electron chi connectivity index (χ1n) is 9.74. The molecule has 0 radical (unpaired) electrons. The van der Waals surface area contributed by atoms with Crippen LogP contribution in [-0.2, 0) is 9.53 Å². The first-order valence-corrected chi connectivity index (χ1v) is 9.74. The number of carbonyl (C=O) groups is 2. The summed E-state index contributed by atoms with van der Waals surface area (Å²) >= 11 is 0. The maximum Gasteiger partial charge on any atom is 0.410 e. The van der Waals surface area contributed by atoms with E-state index >= 15 is 0 Å². The van der Waals surface area contributed by atoms with E-state index in [1.165, 1.54) is 0 Å². The summed E-state index contributed by atoms with van der Waals surface area (Å²) in [7, 11) is 0. The minimum Gasteiger partial charge on any atom is -0.494 e. The van der Waals surface area contributed by atoms with E-state index < -0.39 is 17.7 Å². The SMILES string of the molecule is CCOc1cccc(C(C)NC(=O)C2CCCCN2C(=O)OC(C)(C)C)c1. The van der Waals surface area contributed by atoms with Crippen LogP contribution in [0.5, 0.6) is 5.75 Å².